The number of anilines is 2. The normalized spacial score (nSPS) is 19.3. The molecule has 304 valence electrons. The average Bonchev–Trinajstić information content (AvgIpc) is 3.13. The van der Waals surface area contributed by atoms with Crippen LogP contribution < -0.4 is 26.6 Å². The van der Waals surface area contributed by atoms with Gasteiger partial charge in [0.15, 0.2) is 12.3 Å². The fourth-order valence-electron chi connectivity index (χ4n) is 7.54. The molecule has 2 aromatic rings. The maximum Gasteiger partial charge on any atom is 0.329 e. The summed E-state index contributed by atoms with van der Waals surface area (Å²) in [4.78, 5) is 72.8. The second kappa shape index (κ2) is 17.7. The van der Waals surface area contributed by atoms with E-state index >= 15 is 0 Å². The number of fused-ring (bicyclic) bond motifs is 2. The lowest BCUT2D eigenvalue weighted by Crippen LogP contribution is -2.74. The SMILES string of the molecule is CC(=O)NC(C(=O)O)C1(O)CN(C(=O)NCCCCc2ccc3c(n2)NC(OC(=O)CC2(O)CN(C(=O)NCCCCc4ccc5c(n4)NCCC5)C2)CC3)C1. The molecule has 2 atom stereocenters. The third kappa shape index (κ3) is 10.3. The van der Waals surface area contributed by atoms with E-state index < -0.39 is 47.3 Å². The van der Waals surface area contributed by atoms with E-state index in [0.29, 0.717) is 44.6 Å². The van der Waals surface area contributed by atoms with Crippen LogP contribution in [0.2, 0.25) is 0 Å². The minimum Gasteiger partial charge on any atom is -0.480 e. The molecule has 4 aliphatic heterocycles. The van der Waals surface area contributed by atoms with Gasteiger partial charge in [-0.05, 0) is 81.0 Å². The summed E-state index contributed by atoms with van der Waals surface area (Å²) < 4.78 is 5.65. The van der Waals surface area contributed by atoms with Gasteiger partial charge < -0.3 is 56.4 Å². The summed E-state index contributed by atoms with van der Waals surface area (Å²) in [6, 6.07) is 5.94. The van der Waals surface area contributed by atoms with Crippen molar-refractivity contribution in [2.45, 2.75) is 101 Å². The fraction of sp³-hybridized carbons (Fsp3) is 0.605. The molecule has 56 heavy (non-hydrogen) atoms. The van der Waals surface area contributed by atoms with Gasteiger partial charge in [-0.2, -0.15) is 0 Å². The number of hydrogen-bond acceptors (Lipinski definition) is 12. The first kappa shape index (κ1) is 40.4. The van der Waals surface area contributed by atoms with E-state index in [-0.39, 0.29) is 38.6 Å². The summed E-state index contributed by atoms with van der Waals surface area (Å²) in [5, 5.41) is 45.2. The Hall–Kier alpha value is -5.23. The number of ether oxygens (including phenoxy) is 1. The first-order chi connectivity index (χ1) is 26.8. The van der Waals surface area contributed by atoms with Gasteiger partial charge in [0.05, 0.1) is 32.6 Å². The molecule has 2 aromatic heterocycles. The van der Waals surface area contributed by atoms with Crippen molar-refractivity contribution in [3.05, 3.63) is 46.8 Å². The number of amides is 5. The Morgan fingerprint density at radius 2 is 1.45 bits per heavy atom. The summed E-state index contributed by atoms with van der Waals surface area (Å²) >= 11 is 0. The quantitative estimate of drug-likeness (QED) is 0.0873. The molecule has 0 spiro atoms. The smallest absolute Gasteiger partial charge is 0.329 e. The zero-order valence-electron chi connectivity index (χ0n) is 31.8. The number of likely N-dealkylation sites (tertiary alicyclic amines) is 2. The number of carboxylic acid groups (broad SMARTS) is 1. The van der Waals surface area contributed by atoms with Crippen molar-refractivity contribution in [3.63, 3.8) is 0 Å². The number of carbonyl (C=O) groups excluding carboxylic acids is 4. The second-order valence-corrected chi connectivity index (χ2v) is 15.4. The fourth-order valence-corrected chi connectivity index (χ4v) is 7.54. The molecule has 8 N–H and O–H groups in total. The summed E-state index contributed by atoms with van der Waals surface area (Å²) in [6.45, 7) is 2.64. The summed E-state index contributed by atoms with van der Waals surface area (Å²) in [7, 11) is 0. The van der Waals surface area contributed by atoms with E-state index in [1.807, 2.05) is 12.1 Å². The predicted octanol–water partition coefficient (Wildman–Crippen LogP) is 0.900. The van der Waals surface area contributed by atoms with Gasteiger partial charge in [-0.25, -0.2) is 24.4 Å². The number of pyridine rings is 2. The number of nitrogens with one attached hydrogen (secondary N) is 5. The van der Waals surface area contributed by atoms with E-state index in [4.69, 9.17) is 14.7 Å². The maximum atomic E-state index is 12.8. The molecular weight excluding hydrogens is 726 g/mol. The minimum atomic E-state index is -1.74. The highest BCUT2D eigenvalue weighted by Crippen LogP contribution is 2.29. The van der Waals surface area contributed by atoms with Crippen LogP contribution in [0, 0.1) is 0 Å². The standard InChI is InChI=1S/C38H53N9O9/c1-24(48)42-31(34(50)51)38(55)22-47(23-38)36(53)41-17-5-3-9-28-14-11-26-12-15-29(45-33(26)44-28)56-30(49)19-37(54)20-46(21-37)35(52)40-16-4-2-8-27-13-10-25-7-6-18-39-32(25)43-27/h10-11,13-14,29,31,54-55H,2-9,12,15-23H2,1H3,(H,39,43)(H,40,52)(H,41,53)(H,42,48)(H,44,45)(H,50,51). The van der Waals surface area contributed by atoms with Crippen LogP contribution in [0.4, 0.5) is 21.2 Å². The lowest BCUT2D eigenvalue weighted by molar-refractivity contribution is -0.161. The van der Waals surface area contributed by atoms with Crippen LogP contribution >= 0.6 is 0 Å². The number of nitrogens with zero attached hydrogens (tertiary/aromatic N) is 4. The number of urea groups is 2. The number of β-amino-alcohol motifs (C(OH)–C–C–N with tert-alkyl or cyclic N) is 2. The van der Waals surface area contributed by atoms with Crippen LogP contribution in [0.5, 0.6) is 0 Å². The number of hydrogen-bond donors (Lipinski definition) is 8. The second-order valence-electron chi connectivity index (χ2n) is 15.4. The van der Waals surface area contributed by atoms with E-state index in [9.17, 15) is 39.3 Å². The molecule has 18 heteroatoms. The minimum absolute atomic E-state index is 0.0459. The third-order valence-corrected chi connectivity index (χ3v) is 10.6. The molecule has 0 aliphatic carbocycles. The van der Waals surface area contributed by atoms with Crippen LogP contribution in [0.15, 0.2) is 24.3 Å². The maximum absolute atomic E-state index is 12.8. The molecule has 2 fully saturated rings. The molecule has 0 radical (unpaired) electrons. The van der Waals surface area contributed by atoms with E-state index in [0.717, 1.165) is 74.8 Å². The van der Waals surface area contributed by atoms with Crippen LogP contribution in [0.3, 0.4) is 0 Å². The lowest BCUT2D eigenvalue weighted by atomic mass is 9.86. The Morgan fingerprint density at radius 1 is 0.857 bits per heavy atom. The van der Waals surface area contributed by atoms with Gasteiger partial charge in [-0.15, -0.1) is 0 Å². The van der Waals surface area contributed by atoms with Gasteiger partial charge in [0.1, 0.15) is 22.8 Å². The zero-order valence-corrected chi connectivity index (χ0v) is 31.8. The van der Waals surface area contributed by atoms with Crippen molar-refractivity contribution < 1.29 is 44.0 Å². The molecular formula is C38H53N9O9. The summed E-state index contributed by atoms with van der Waals surface area (Å²) in [5.41, 5.74) is 1.05. The topological polar surface area (TPSA) is 248 Å². The van der Waals surface area contributed by atoms with Crippen molar-refractivity contribution >= 4 is 41.5 Å². The lowest BCUT2D eigenvalue weighted by Gasteiger charge is -2.48. The first-order valence-electron chi connectivity index (χ1n) is 19.5. The molecule has 0 bridgehead atoms. The summed E-state index contributed by atoms with van der Waals surface area (Å²) in [6.07, 6.45) is 7.07. The number of carboxylic acids is 1. The van der Waals surface area contributed by atoms with E-state index in [1.165, 1.54) is 15.4 Å². The number of rotatable bonds is 16. The molecule has 4 aliphatic rings. The molecule has 6 rings (SSSR count). The Labute approximate surface area is 325 Å². The molecule has 2 saturated heterocycles. The van der Waals surface area contributed by atoms with Crippen molar-refractivity contribution in [1.82, 2.24) is 35.7 Å². The number of unbranched alkanes of at least 4 members (excludes halogenated alkanes) is 2. The highest BCUT2D eigenvalue weighted by atomic mass is 16.6. The zero-order chi connectivity index (χ0) is 39.9. The molecule has 5 amide bonds. The van der Waals surface area contributed by atoms with Gasteiger partial charge in [0, 0.05) is 44.4 Å². The van der Waals surface area contributed by atoms with E-state index in [2.05, 4.69) is 38.7 Å². The van der Waals surface area contributed by atoms with Crippen LogP contribution in [0.1, 0.15) is 74.4 Å². The molecule has 0 aromatic carbocycles. The predicted molar refractivity (Wildman–Crippen MR) is 203 cm³/mol. The molecule has 18 nitrogen and oxygen atoms in total. The molecule has 2 unspecified atom stereocenters. The Balaban J connectivity index is 0.831. The summed E-state index contributed by atoms with van der Waals surface area (Å²) in [5.74, 6) is -0.909. The molecule has 6 heterocycles. The first-order valence-corrected chi connectivity index (χ1v) is 19.5. The number of aromatic nitrogens is 2. The number of esters is 1. The Bertz CT molecular complexity index is 1780. The van der Waals surface area contributed by atoms with Gasteiger partial charge >= 0.3 is 24.0 Å². The van der Waals surface area contributed by atoms with Gasteiger partial charge in [-0.3, -0.25) is 9.59 Å². The largest absolute Gasteiger partial charge is 0.480 e. The molecule has 0 saturated carbocycles. The van der Waals surface area contributed by atoms with Gasteiger partial charge in [0.2, 0.25) is 5.91 Å². The van der Waals surface area contributed by atoms with Crippen LogP contribution in [0.25, 0.3) is 0 Å². The highest BCUT2D eigenvalue weighted by molar-refractivity contribution is 5.84. The monoisotopic (exact) mass is 779 g/mol. The van der Waals surface area contributed by atoms with E-state index in [1.54, 1.807) is 0 Å². The van der Waals surface area contributed by atoms with Crippen molar-refractivity contribution in [3.8, 4) is 0 Å². The van der Waals surface area contributed by atoms with Crippen molar-refractivity contribution in [2.75, 3.05) is 56.4 Å². The Morgan fingerprint density at radius 3 is 2.05 bits per heavy atom. The van der Waals surface area contributed by atoms with Crippen molar-refractivity contribution in [2.24, 2.45) is 0 Å². The third-order valence-electron chi connectivity index (χ3n) is 10.6. The number of carbonyl (C=O) groups is 5. The van der Waals surface area contributed by atoms with Crippen LogP contribution in [-0.4, -0.2) is 134 Å². The van der Waals surface area contributed by atoms with Crippen molar-refractivity contribution in [1.29, 1.82) is 0 Å². The highest BCUT2D eigenvalue weighted by Gasteiger charge is 2.53. The Kier molecular flexibility index (Phi) is 12.8. The van der Waals surface area contributed by atoms with Gasteiger partial charge in [-0.1, -0.05) is 12.1 Å². The number of aryl methyl sites for hydroxylation is 4. The average molecular weight is 780 g/mol. The number of aliphatic carboxylic acids is 1. The number of aliphatic hydroxyl groups is 2. The van der Waals surface area contributed by atoms with Gasteiger partial charge in [0.25, 0.3) is 0 Å². The van der Waals surface area contributed by atoms with Crippen LogP contribution in [-0.2, 0) is 44.8 Å².